The van der Waals surface area contributed by atoms with Gasteiger partial charge in [0.25, 0.3) is 0 Å². The minimum Gasteiger partial charge on any atom is -0.460 e. The Balaban J connectivity index is 1.70. The monoisotopic (exact) mass is 302 g/mol. The predicted molar refractivity (Wildman–Crippen MR) is 83.1 cm³/mol. The predicted octanol–water partition coefficient (Wildman–Crippen LogP) is 3.59. The lowest BCUT2D eigenvalue weighted by Gasteiger charge is -2.10. The molecular weight excluding hydrogens is 284 g/mol. The molecule has 3 aromatic heterocycles. The highest BCUT2D eigenvalue weighted by Crippen LogP contribution is 2.24. The molecule has 0 aromatic carbocycles. The van der Waals surface area contributed by atoms with Crippen molar-refractivity contribution in [3.63, 3.8) is 0 Å². The normalized spacial score (nSPS) is 12.7. The van der Waals surface area contributed by atoms with Crippen LogP contribution in [0.1, 0.15) is 35.0 Å². The Morgan fingerprint density at radius 2 is 2.24 bits per heavy atom. The number of aromatic nitrogens is 3. The van der Waals surface area contributed by atoms with E-state index in [4.69, 9.17) is 4.42 Å². The summed E-state index contributed by atoms with van der Waals surface area (Å²) in [6.45, 7) is 6.78. The van der Waals surface area contributed by atoms with Crippen LogP contribution < -0.4 is 5.32 Å². The largest absolute Gasteiger partial charge is 0.460 e. The van der Waals surface area contributed by atoms with Gasteiger partial charge in [-0.15, -0.1) is 11.3 Å². The summed E-state index contributed by atoms with van der Waals surface area (Å²) < 4.78 is 5.65. The molecule has 21 heavy (non-hydrogen) atoms. The van der Waals surface area contributed by atoms with Crippen molar-refractivity contribution in [3.8, 4) is 11.5 Å². The fourth-order valence-electron chi connectivity index (χ4n) is 2.15. The first kappa shape index (κ1) is 14.0. The van der Waals surface area contributed by atoms with Crippen molar-refractivity contribution in [3.05, 3.63) is 45.7 Å². The average molecular weight is 302 g/mol. The van der Waals surface area contributed by atoms with Crippen molar-refractivity contribution in [1.29, 1.82) is 0 Å². The van der Waals surface area contributed by atoms with E-state index in [1.54, 1.807) is 11.3 Å². The Kier molecular flexibility index (Phi) is 3.90. The summed E-state index contributed by atoms with van der Waals surface area (Å²) in [5.74, 6) is 1.71. The van der Waals surface area contributed by atoms with Crippen LogP contribution in [-0.4, -0.2) is 15.2 Å². The van der Waals surface area contributed by atoms with E-state index in [2.05, 4.69) is 32.8 Å². The fraction of sp³-hybridized carbons (Fsp3) is 0.333. The zero-order valence-electron chi connectivity index (χ0n) is 12.3. The quantitative estimate of drug-likeness (QED) is 0.756. The Morgan fingerprint density at radius 3 is 2.90 bits per heavy atom. The van der Waals surface area contributed by atoms with E-state index in [9.17, 15) is 0 Å². The van der Waals surface area contributed by atoms with Crippen LogP contribution in [0, 0.1) is 13.8 Å². The van der Waals surface area contributed by atoms with Crippen LogP contribution in [0.25, 0.3) is 11.5 Å². The zero-order valence-corrected chi connectivity index (χ0v) is 13.1. The maximum atomic E-state index is 5.65. The summed E-state index contributed by atoms with van der Waals surface area (Å²) >= 11 is 1.68. The van der Waals surface area contributed by atoms with Crippen molar-refractivity contribution >= 4 is 11.3 Å². The highest BCUT2D eigenvalue weighted by Gasteiger charge is 2.13. The molecule has 2 N–H and O–H groups in total. The Labute approximate surface area is 127 Å². The van der Waals surface area contributed by atoms with Gasteiger partial charge in [0, 0.05) is 23.2 Å². The van der Waals surface area contributed by atoms with E-state index in [1.165, 1.54) is 0 Å². The molecule has 0 spiro atoms. The SMILES string of the molecule is Cc1csc(C(C)NCc2cn[nH]c2-c2ccc(C)o2)n1. The molecule has 3 heterocycles. The lowest BCUT2D eigenvalue weighted by atomic mass is 10.2. The molecule has 5 nitrogen and oxygen atoms in total. The van der Waals surface area contributed by atoms with Gasteiger partial charge in [-0.2, -0.15) is 5.10 Å². The molecule has 1 atom stereocenters. The molecule has 0 aliphatic carbocycles. The number of aryl methyl sites for hydroxylation is 2. The Bertz CT molecular complexity index is 727. The van der Waals surface area contributed by atoms with Gasteiger partial charge >= 0.3 is 0 Å². The van der Waals surface area contributed by atoms with Crippen LogP contribution >= 0.6 is 11.3 Å². The third-order valence-corrected chi connectivity index (χ3v) is 4.46. The Morgan fingerprint density at radius 1 is 1.38 bits per heavy atom. The van der Waals surface area contributed by atoms with E-state index < -0.39 is 0 Å². The van der Waals surface area contributed by atoms with Crippen molar-refractivity contribution in [2.45, 2.75) is 33.4 Å². The topological polar surface area (TPSA) is 66.7 Å². The molecule has 3 rings (SSSR count). The molecule has 0 aliphatic heterocycles. The molecule has 3 aromatic rings. The number of thiazole rings is 1. The fourth-order valence-corrected chi connectivity index (χ4v) is 2.98. The van der Waals surface area contributed by atoms with E-state index in [0.717, 1.165) is 33.5 Å². The second-order valence-electron chi connectivity index (χ2n) is 5.11. The van der Waals surface area contributed by atoms with Gasteiger partial charge in [-0.25, -0.2) is 4.98 Å². The third kappa shape index (κ3) is 3.06. The molecule has 0 amide bonds. The third-order valence-electron chi connectivity index (χ3n) is 3.31. The molecule has 0 saturated heterocycles. The van der Waals surface area contributed by atoms with Crippen molar-refractivity contribution < 1.29 is 4.42 Å². The van der Waals surface area contributed by atoms with Gasteiger partial charge in [0.1, 0.15) is 16.5 Å². The number of hydrogen-bond acceptors (Lipinski definition) is 5. The van der Waals surface area contributed by atoms with Crippen LogP contribution in [0.3, 0.4) is 0 Å². The van der Waals surface area contributed by atoms with Crippen LogP contribution in [0.4, 0.5) is 0 Å². The maximum absolute atomic E-state index is 5.65. The summed E-state index contributed by atoms with van der Waals surface area (Å²) in [7, 11) is 0. The number of H-pyrrole nitrogens is 1. The number of nitrogens with one attached hydrogen (secondary N) is 2. The van der Waals surface area contributed by atoms with E-state index >= 15 is 0 Å². The lowest BCUT2D eigenvalue weighted by molar-refractivity contribution is 0.542. The van der Waals surface area contributed by atoms with Gasteiger partial charge in [0.15, 0.2) is 5.76 Å². The number of hydrogen-bond donors (Lipinski definition) is 2. The van der Waals surface area contributed by atoms with Crippen LogP contribution in [0.2, 0.25) is 0 Å². The van der Waals surface area contributed by atoms with Gasteiger partial charge < -0.3 is 9.73 Å². The van der Waals surface area contributed by atoms with Gasteiger partial charge in [-0.05, 0) is 32.9 Å². The second kappa shape index (κ2) is 5.83. The van der Waals surface area contributed by atoms with Crippen molar-refractivity contribution in [2.24, 2.45) is 0 Å². The van der Waals surface area contributed by atoms with E-state index in [-0.39, 0.29) is 6.04 Å². The van der Waals surface area contributed by atoms with Crippen molar-refractivity contribution in [1.82, 2.24) is 20.5 Å². The van der Waals surface area contributed by atoms with Crippen LogP contribution in [0.5, 0.6) is 0 Å². The molecule has 0 radical (unpaired) electrons. The highest BCUT2D eigenvalue weighted by molar-refractivity contribution is 7.09. The smallest absolute Gasteiger partial charge is 0.152 e. The first-order chi connectivity index (χ1) is 10.1. The highest BCUT2D eigenvalue weighted by atomic mass is 32.1. The molecule has 0 aliphatic rings. The summed E-state index contributed by atoms with van der Waals surface area (Å²) in [6, 6.07) is 4.12. The van der Waals surface area contributed by atoms with E-state index in [1.807, 2.05) is 32.2 Å². The summed E-state index contributed by atoms with van der Waals surface area (Å²) in [5.41, 5.74) is 3.08. The average Bonchev–Trinajstić information content (AvgIpc) is 3.16. The number of furan rings is 1. The van der Waals surface area contributed by atoms with Gasteiger partial charge in [-0.1, -0.05) is 0 Å². The first-order valence-electron chi connectivity index (χ1n) is 6.88. The molecule has 0 bridgehead atoms. The van der Waals surface area contributed by atoms with Crippen LogP contribution in [0.15, 0.2) is 28.1 Å². The molecule has 0 saturated carbocycles. The molecule has 1 unspecified atom stereocenters. The van der Waals surface area contributed by atoms with Crippen molar-refractivity contribution in [2.75, 3.05) is 0 Å². The number of rotatable bonds is 5. The summed E-state index contributed by atoms with van der Waals surface area (Å²) in [6.07, 6.45) is 1.83. The van der Waals surface area contributed by atoms with Crippen LogP contribution in [-0.2, 0) is 6.54 Å². The summed E-state index contributed by atoms with van der Waals surface area (Å²) in [4.78, 5) is 4.51. The van der Waals surface area contributed by atoms with E-state index in [0.29, 0.717) is 6.54 Å². The zero-order chi connectivity index (χ0) is 14.8. The van der Waals surface area contributed by atoms with Gasteiger partial charge in [-0.3, -0.25) is 5.10 Å². The second-order valence-corrected chi connectivity index (χ2v) is 6.00. The molecule has 0 fully saturated rings. The molecule has 110 valence electrons. The lowest BCUT2D eigenvalue weighted by Crippen LogP contribution is -2.18. The van der Waals surface area contributed by atoms with Gasteiger partial charge in [0.2, 0.25) is 0 Å². The minimum absolute atomic E-state index is 0.213. The molecular formula is C15H18N4OS. The molecule has 6 heteroatoms. The first-order valence-corrected chi connectivity index (χ1v) is 7.76. The summed E-state index contributed by atoms with van der Waals surface area (Å²) in [5, 5.41) is 13.8. The Hall–Kier alpha value is -1.92. The maximum Gasteiger partial charge on any atom is 0.152 e. The number of aromatic amines is 1. The number of nitrogens with zero attached hydrogens (tertiary/aromatic N) is 2. The standard InChI is InChI=1S/C15H18N4OS/c1-9-8-21-15(18-9)11(3)16-6-12-7-17-19-14(12)13-5-4-10(2)20-13/h4-5,7-8,11,16H,6H2,1-3H3,(H,17,19). The minimum atomic E-state index is 0.213. The van der Waals surface area contributed by atoms with Gasteiger partial charge in [0.05, 0.1) is 12.2 Å².